The molecule has 0 amide bonds. The lowest BCUT2D eigenvalue weighted by atomic mass is 11.8. The first-order valence-electron chi connectivity index (χ1n) is 5.91. The highest BCUT2D eigenvalue weighted by Gasteiger charge is 2.52. The normalized spacial score (nSPS) is 15.2. The molecule has 0 N–H and O–H groups in total. The first-order chi connectivity index (χ1) is 7.12. The summed E-state index contributed by atoms with van der Waals surface area (Å²) in [4.78, 5) is 0. The fourth-order valence-electron chi connectivity index (χ4n) is 1.16. The van der Waals surface area contributed by atoms with E-state index in [0.717, 1.165) is 0 Å². The zero-order valence-electron chi connectivity index (χ0n) is 12.6. The van der Waals surface area contributed by atoms with Gasteiger partial charge in [-0.3, -0.25) is 0 Å². The minimum absolute atomic E-state index is 1.95. The van der Waals surface area contributed by atoms with Crippen LogP contribution in [0.3, 0.4) is 0 Å². The first-order valence-corrected chi connectivity index (χ1v) is 17.7. The highest BCUT2D eigenvalue weighted by molar-refractivity contribution is 6.87. The molecule has 104 valence electrons. The maximum Gasteiger partial charge on any atom is 0.688 e. The molecular formula is C9H27FO3Si4. The molecule has 0 unspecified atom stereocenters. The molecule has 0 saturated heterocycles. The Morgan fingerprint density at radius 1 is 0.529 bits per heavy atom. The molecule has 0 atom stereocenters. The number of rotatable bonds is 6. The maximum absolute atomic E-state index is 14.9. The van der Waals surface area contributed by atoms with Crippen LogP contribution < -0.4 is 0 Å². The minimum atomic E-state index is -3.97. The third-order valence-corrected chi connectivity index (χ3v) is 11.6. The third kappa shape index (κ3) is 10.3. The lowest BCUT2D eigenvalue weighted by molar-refractivity contribution is 0.190. The molecule has 0 aromatic carbocycles. The topological polar surface area (TPSA) is 27.7 Å². The summed E-state index contributed by atoms with van der Waals surface area (Å²) >= 11 is 0. The molecule has 0 aromatic heterocycles. The summed E-state index contributed by atoms with van der Waals surface area (Å²) < 4.78 is 31.7. The van der Waals surface area contributed by atoms with Gasteiger partial charge in [0.2, 0.25) is 0 Å². The summed E-state index contributed by atoms with van der Waals surface area (Å²) in [6.45, 7) is 17.6. The van der Waals surface area contributed by atoms with E-state index in [0.29, 0.717) is 0 Å². The highest BCUT2D eigenvalue weighted by Crippen LogP contribution is 2.26. The van der Waals surface area contributed by atoms with E-state index in [2.05, 4.69) is 0 Å². The summed E-state index contributed by atoms with van der Waals surface area (Å²) in [5, 5.41) is 0. The lowest BCUT2D eigenvalue weighted by Gasteiger charge is -2.36. The van der Waals surface area contributed by atoms with Crippen LogP contribution in [0.25, 0.3) is 0 Å². The maximum atomic E-state index is 14.9. The van der Waals surface area contributed by atoms with Crippen LogP contribution in [-0.4, -0.2) is 34.1 Å². The molecule has 0 fully saturated rings. The Balaban J connectivity index is 4.95. The van der Waals surface area contributed by atoms with Crippen LogP contribution in [0.2, 0.25) is 58.9 Å². The molecule has 0 aliphatic heterocycles. The smallest absolute Gasteiger partial charge is 0.392 e. The van der Waals surface area contributed by atoms with E-state index in [1.807, 2.05) is 58.9 Å². The predicted octanol–water partition coefficient (Wildman–Crippen LogP) is 3.95. The van der Waals surface area contributed by atoms with Gasteiger partial charge in [-0.2, -0.15) is 0 Å². The Morgan fingerprint density at radius 2 is 0.706 bits per heavy atom. The van der Waals surface area contributed by atoms with E-state index in [1.54, 1.807) is 0 Å². The van der Waals surface area contributed by atoms with E-state index in [9.17, 15) is 4.11 Å². The van der Waals surface area contributed by atoms with Gasteiger partial charge in [-0.15, -0.1) is 0 Å². The SMILES string of the molecule is C[Si](C)(C)O[Si](F)(O[Si](C)(C)C)O[Si](C)(C)C. The average Bonchev–Trinajstić information content (AvgIpc) is 1.65. The van der Waals surface area contributed by atoms with Crippen molar-refractivity contribution in [2.45, 2.75) is 58.9 Å². The van der Waals surface area contributed by atoms with Crippen molar-refractivity contribution in [1.82, 2.24) is 0 Å². The minimum Gasteiger partial charge on any atom is -0.392 e. The zero-order chi connectivity index (χ0) is 14.1. The second kappa shape index (κ2) is 5.35. The van der Waals surface area contributed by atoms with Crippen molar-refractivity contribution in [1.29, 1.82) is 0 Å². The molecule has 3 nitrogen and oxygen atoms in total. The number of hydrogen-bond acceptors (Lipinski definition) is 3. The van der Waals surface area contributed by atoms with Crippen molar-refractivity contribution >= 4 is 34.1 Å². The summed E-state index contributed by atoms with van der Waals surface area (Å²) in [5.74, 6) is 0. The summed E-state index contributed by atoms with van der Waals surface area (Å²) in [6, 6.07) is 0. The van der Waals surface area contributed by atoms with Gasteiger partial charge < -0.3 is 12.3 Å². The van der Waals surface area contributed by atoms with Crippen molar-refractivity contribution in [2.75, 3.05) is 0 Å². The zero-order valence-corrected chi connectivity index (χ0v) is 16.6. The van der Waals surface area contributed by atoms with Gasteiger partial charge in [-0.25, -0.2) is 4.11 Å². The fourth-order valence-corrected chi connectivity index (χ4v) is 11.6. The van der Waals surface area contributed by atoms with Gasteiger partial charge in [0.1, 0.15) is 0 Å². The molecule has 0 rings (SSSR count). The van der Waals surface area contributed by atoms with Gasteiger partial charge in [0.15, 0.2) is 25.0 Å². The Morgan fingerprint density at radius 3 is 0.824 bits per heavy atom. The lowest BCUT2D eigenvalue weighted by Crippen LogP contribution is -2.57. The van der Waals surface area contributed by atoms with Crippen LogP contribution >= 0.6 is 0 Å². The summed E-state index contributed by atoms with van der Waals surface area (Å²) in [7, 11) is -10.0. The van der Waals surface area contributed by atoms with Crippen LogP contribution in [0.15, 0.2) is 0 Å². The Hall–Kier alpha value is 0.678. The molecule has 0 radical (unpaired) electrons. The summed E-state index contributed by atoms with van der Waals surface area (Å²) in [5.41, 5.74) is 0. The number of halogens is 1. The van der Waals surface area contributed by atoms with Crippen LogP contribution in [0, 0.1) is 0 Å². The molecule has 17 heavy (non-hydrogen) atoms. The molecule has 0 aliphatic rings. The van der Waals surface area contributed by atoms with Crippen LogP contribution in [0.1, 0.15) is 0 Å². The molecule has 0 bridgehead atoms. The Kier molecular flexibility index (Phi) is 5.56. The molecule has 0 aliphatic carbocycles. The van der Waals surface area contributed by atoms with Gasteiger partial charge in [-0.1, -0.05) is 0 Å². The highest BCUT2D eigenvalue weighted by atomic mass is 28.5. The third-order valence-electron chi connectivity index (χ3n) is 1.28. The van der Waals surface area contributed by atoms with Gasteiger partial charge in [0, 0.05) is 0 Å². The van der Waals surface area contributed by atoms with Gasteiger partial charge >= 0.3 is 9.14 Å². The standard InChI is InChI=1S/C9H27FO3Si4/c1-14(2,3)11-17(10,12-15(4,5)6)13-16(7,8)9/h1-9H3. The van der Waals surface area contributed by atoms with E-state index in [-0.39, 0.29) is 0 Å². The molecule has 0 saturated carbocycles. The molecule has 0 heterocycles. The second-order valence-corrected chi connectivity index (χ2v) is 23.2. The van der Waals surface area contributed by atoms with Crippen molar-refractivity contribution in [3.63, 3.8) is 0 Å². The Labute approximate surface area is 110 Å². The van der Waals surface area contributed by atoms with Gasteiger partial charge in [0.05, 0.1) is 0 Å². The first kappa shape index (κ1) is 17.7. The second-order valence-electron chi connectivity index (χ2n) is 7.12. The van der Waals surface area contributed by atoms with E-state index >= 15 is 0 Å². The van der Waals surface area contributed by atoms with Crippen LogP contribution in [0.4, 0.5) is 4.11 Å². The van der Waals surface area contributed by atoms with Gasteiger partial charge in [0.25, 0.3) is 0 Å². The molecular weight excluding hydrogens is 287 g/mol. The van der Waals surface area contributed by atoms with Crippen molar-refractivity contribution < 1.29 is 16.5 Å². The van der Waals surface area contributed by atoms with Crippen molar-refractivity contribution in [3.05, 3.63) is 0 Å². The van der Waals surface area contributed by atoms with Gasteiger partial charge in [-0.05, 0) is 58.9 Å². The Bertz CT molecular complexity index is 214. The van der Waals surface area contributed by atoms with E-state index in [1.165, 1.54) is 0 Å². The van der Waals surface area contributed by atoms with E-state index < -0.39 is 34.1 Å². The average molecular weight is 315 g/mol. The fraction of sp³-hybridized carbons (Fsp3) is 1.00. The van der Waals surface area contributed by atoms with E-state index in [4.69, 9.17) is 12.3 Å². The monoisotopic (exact) mass is 314 g/mol. The largest absolute Gasteiger partial charge is 0.688 e. The summed E-state index contributed by atoms with van der Waals surface area (Å²) in [6.07, 6.45) is 0. The quantitative estimate of drug-likeness (QED) is 0.549. The molecule has 0 spiro atoms. The van der Waals surface area contributed by atoms with Crippen molar-refractivity contribution in [3.8, 4) is 0 Å². The molecule has 0 aromatic rings. The van der Waals surface area contributed by atoms with Crippen LogP contribution in [0.5, 0.6) is 0 Å². The predicted molar refractivity (Wildman–Crippen MR) is 80.2 cm³/mol. The molecule has 8 heteroatoms. The van der Waals surface area contributed by atoms with Crippen LogP contribution in [-0.2, 0) is 12.3 Å². The number of hydrogen-bond donors (Lipinski definition) is 0. The van der Waals surface area contributed by atoms with Crippen molar-refractivity contribution in [2.24, 2.45) is 0 Å².